The van der Waals surface area contributed by atoms with Crippen molar-refractivity contribution in [2.24, 2.45) is 0 Å². The van der Waals surface area contributed by atoms with Gasteiger partial charge in [0.05, 0.1) is 32.1 Å². The third-order valence-electron chi connectivity index (χ3n) is 5.48. The summed E-state index contributed by atoms with van der Waals surface area (Å²) in [6.07, 6.45) is 3.90. The Morgan fingerprint density at radius 1 is 0.892 bits per heavy atom. The normalized spacial score (nSPS) is 10.9. The van der Waals surface area contributed by atoms with Gasteiger partial charge in [0.15, 0.2) is 0 Å². The minimum atomic E-state index is -1.29. The summed E-state index contributed by atoms with van der Waals surface area (Å²) in [5.74, 6) is 1.22. The average molecular weight is 501 g/mol. The zero-order valence-electron chi connectivity index (χ0n) is 20.6. The lowest BCUT2D eigenvalue weighted by Gasteiger charge is -2.12. The number of benzene rings is 2. The summed E-state index contributed by atoms with van der Waals surface area (Å²) < 4.78 is 11.9. The molecule has 0 saturated carbocycles. The second-order valence-electron chi connectivity index (χ2n) is 7.94. The van der Waals surface area contributed by atoms with E-state index in [1.54, 1.807) is 21.1 Å². The number of anilines is 2. The number of carbonyl (C=O) groups is 1. The molecule has 2 aromatic heterocycles. The molecule has 0 bridgehead atoms. The van der Waals surface area contributed by atoms with Crippen molar-refractivity contribution in [1.82, 2.24) is 24.7 Å². The van der Waals surface area contributed by atoms with Crippen LogP contribution in [0.5, 0.6) is 11.5 Å². The molecule has 190 valence electrons. The number of aromatic nitrogens is 5. The van der Waals surface area contributed by atoms with Crippen molar-refractivity contribution >= 4 is 23.9 Å². The molecule has 2 heterocycles. The molecule has 0 unspecified atom stereocenters. The fourth-order valence-electron chi connectivity index (χ4n) is 3.41. The number of rotatable bonds is 11. The molecule has 0 aliphatic heterocycles. The van der Waals surface area contributed by atoms with E-state index in [2.05, 4.69) is 30.7 Å². The number of carbonyl (C=O) groups excluding carboxylic acids is 1. The molecule has 0 aliphatic rings. The highest BCUT2D eigenvalue weighted by Gasteiger charge is 2.13. The van der Waals surface area contributed by atoms with Crippen LogP contribution in [-0.2, 0) is 17.9 Å². The molecular weight excluding hydrogens is 474 g/mol. The Hall–Kier alpha value is -4.93. The largest absolute Gasteiger partial charge is 0.545 e. The van der Waals surface area contributed by atoms with Gasteiger partial charge in [0.1, 0.15) is 11.5 Å². The molecule has 2 N–H and O–H groups in total. The smallest absolute Gasteiger partial charge is 0.257 e. The summed E-state index contributed by atoms with van der Waals surface area (Å²) in [6.45, 7) is 2.74. The van der Waals surface area contributed by atoms with Gasteiger partial charge in [-0.25, -0.2) is 4.68 Å². The number of ether oxygens (including phenoxy) is 2. The summed E-state index contributed by atoms with van der Waals surface area (Å²) in [5, 5.41) is 21.6. The van der Waals surface area contributed by atoms with Gasteiger partial charge < -0.3 is 30.0 Å². The van der Waals surface area contributed by atoms with E-state index in [0.717, 1.165) is 28.7 Å². The number of nitrogens with one attached hydrogen (secondary N) is 2. The van der Waals surface area contributed by atoms with E-state index >= 15 is 0 Å². The Kier molecular flexibility index (Phi) is 7.94. The predicted molar refractivity (Wildman–Crippen MR) is 136 cm³/mol. The van der Waals surface area contributed by atoms with Crippen LogP contribution in [0.15, 0.2) is 60.8 Å². The molecule has 0 amide bonds. The standard InChI is InChI=1S/C26H27N7O4/c1-17-20(8-13-23(34)35)16-29-33(17)26-31-24(27-14-18-4-9-21(36-2)10-5-18)30-25(32-26)28-15-19-6-11-22(37-3)12-7-19/h4-13,16H,14-15H2,1-3H3,(H,34,35)(H2,27,28,30,31,32)/p-1/b13-8+. The van der Waals surface area contributed by atoms with Crippen molar-refractivity contribution in [3.63, 3.8) is 0 Å². The van der Waals surface area contributed by atoms with Crippen LogP contribution in [0.25, 0.3) is 12.0 Å². The molecular formula is C26H26N7O4-. The van der Waals surface area contributed by atoms with Gasteiger partial charge in [-0.15, -0.1) is 0 Å². The molecule has 2 aromatic carbocycles. The number of hydrogen-bond acceptors (Lipinski definition) is 10. The molecule has 0 radical (unpaired) electrons. The van der Waals surface area contributed by atoms with E-state index < -0.39 is 5.97 Å². The molecule has 0 aliphatic carbocycles. The average Bonchev–Trinajstić information content (AvgIpc) is 3.30. The maximum Gasteiger partial charge on any atom is 0.257 e. The molecule has 0 spiro atoms. The Labute approximate surface area is 213 Å². The van der Waals surface area contributed by atoms with Crippen molar-refractivity contribution in [2.75, 3.05) is 24.9 Å². The van der Waals surface area contributed by atoms with Gasteiger partial charge in [0.2, 0.25) is 11.9 Å². The van der Waals surface area contributed by atoms with Crippen LogP contribution in [0.4, 0.5) is 11.9 Å². The SMILES string of the molecule is COc1ccc(CNc2nc(NCc3ccc(OC)cc3)nc(-n3ncc(/C=C/C(=O)[O-])c3C)n2)cc1. The van der Waals surface area contributed by atoms with Gasteiger partial charge in [0, 0.05) is 18.7 Å². The van der Waals surface area contributed by atoms with Gasteiger partial charge in [-0.05, 0) is 54.5 Å². The number of aliphatic carboxylic acids is 1. The zero-order valence-corrected chi connectivity index (χ0v) is 20.6. The van der Waals surface area contributed by atoms with E-state index in [0.29, 0.717) is 36.2 Å². The fourth-order valence-corrected chi connectivity index (χ4v) is 3.41. The van der Waals surface area contributed by atoms with Crippen molar-refractivity contribution in [1.29, 1.82) is 0 Å². The van der Waals surface area contributed by atoms with Crippen LogP contribution < -0.4 is 25.2 Å². The monoisotopic (exact) mass is 500 g/mol. The van der Waals surface area contributed by atoms with E-state index in [1.807, 2.05) is 48.5 Å². The van der Waals surface area contributed by atoms with Crippen molar-refractivity contribution < 1.29 is 19.4 Å². The van der Waals surface area contributed by atoms with Gasteiger partial charge in [-0.3, -0.25) is 0 Å². The maximum atomic E-state index is 10.8. The lowest BCUT2D eigenvalue weighted by molar-refractivity contribution is -0.297. The highest BCUT2D eigenvalue weighted by molar-refractivity contribution is 5.83. The van der Waals surface area contributed by atoms with Crippen molar-refractivity contribution in [3.8, 4) is 17.4 Å². The second-order valence-corrected chi connectivity index (χ2v) is 7.94. The zero-order chi connectivity index (χ0) is 26.2. The van der Waals surface area contributed by atoms with Crippen LogP contribution >= 0.6 is 0 Å². The number of hydrogen-bond donors (Lipinski definition) is 2. The summed E-state index contributed by atoms with van der Waals surface area (Å²) in [4.78, 5) is 24.4. The van der Waals surface area contributed by atoms with Crippen LogP contribution in [0.3, 0.4) is 0 Å². The highest BCUT2D eigenvalue weighted by Crippen LogP contribution is 2.18. The van der Waals surface area contributed by atoms with Gasteiger partial charge in [0.25, 0.3) is 5.95 Å². The Bertz CT molecular complexity index is 1310. The molecule has 4 aromatic rings. The highest BCUT2D eigenvalue weighted by atomic mass is 16.5. The Morgan fingerprint density at radius 2 is 1.41 bits per heavy atom. The molecule has 4 rings (SSSR count). The lowest BCUT2D eigenvalue weighted by atomic mass is 10.2. The van der Waals surface area contributed by atoms with Gasteiger partial charge in [-0.1, -0.05) is 24.3 Å². The minimum Gasteiger partial charge on any atom is -0.545 e. The van der Waals surface area contributed by atoms with Crippen molar-refractivity contribution in [3.05, 3.63) is 83.2 Å². The van der Waals surface area contributed by atoms with E-state index in [9.17, 15) is 9.90 Å². The molecule has 0 atom stereocenters. The molecule has 11 heteroatoms. The van der Waals surface area contributed by atoms with Crippen LogP contribution in [0.1, 0.15) is 22.4 Å². The van der Waals surface area contributed by atoms with Gasteiger partial charge in [-0.2, -0.15) is 20.1 Å². The number of carboxylic acid groups (broad SMARTS) is 1. The van der Waals surface area contributed by atoms with E-state index in [1.165, 1.54) is 17.0 Å². The minimum absolute atomic E-state index is 0.273. The fraction of sp³-hybridized carbons (Fsp3) is 0.192. The number of methoxy groups -OCH3 is 2. The van der Waals surface area contributed by atoms with Crippen molar-refractivity contribution in [2.45, 2.75) is 20.0 Å². The second kappa shape index (κ2) is 11.7. The third kappa shape index (κ3) is 6.60. The number of carboxylic acids is 1. The predicted octanol–water partition coefficient (Wildman–Crippen LogP) is 2.37. The molecule has 0 fully saturated rings. The first-order valence-corrected chi connectivity index (χ1v) is 11.4. The summed E-state index contributed by atoms with van der Waals surface area (Å²) >= 11 is 0. The van der Waals surface area contributed by atoms with E-state index in [-0.39, 0.29) is 5.95 Å². The summed E-state index contributed by atoms with van der Waals surface area (Å²) in [6, 6.07) is 15.3. The Balaban J connectivity index is 1.60. The topological polar surface area (TPSA) is 139 Å². The summed E-state index contributed by atoms with van der Waals surface area (Å²) in [7, 11) is 3.24. The first kappa shape index (κ1) is 25.2. The maximum absolute atomic E-state index is 10.8. The first-order chi connectivity index (χ1) is 17.9. The lowest BCUT2D eigenvalue weighted by Crippen LogP contribution is -2.18. The van der Waals surface area contributed by atoms with Crippen LogP contribution in [-0.4, -0.2) is 44.9 Å². The molecule has 37 heavy (non-hydrogen) atoms. The molecule has 0 saturated heterocycles. The summed E-state index contributed by atoms with van der Waals surface area (Å²) in [5.41, 5.74) is 3.29. The first-order valence-electron chi connectivity index (χ1n) is 11.4. The van der Waals surface area contributed by atoms with E-state index in [4.69, 9.17) is 9.47 Å². The van der Waals surface area contributed by atoms with Crippen LogP contribution in [0, 0.1) is 6.92 Å². The Morgan fingerprint density at radius 3 is 1.86 bits per heavy atom. The quantitative estimate of drug-likeness (QED) is 0.295. The van der Waals surface area contributed by atoms with Gasteiger partial charge >= 0.3 is 0 Å². The third-order valence-corrected chi connectivity index (χ3v) is 5.48. The number of nitrogens with zero attached hydrogens (tertiary/aromatic N) is 5. The molecule has 11 nitrogen and oxygen atoms in total. The van der Waals surface area contributed by atoms with Crippen LogP contribution in [0.2, 0.25) is 0 Å².